The number of primary amides is 1. The summed E-state index contributed by atoms with van der Waals surface area (Å²) in [6.07, 6.45) is -1.15. The van der Waals surface area contributed by atoms with Gasteiger partial charge in [0.25, 0.3) is 5.91 Å². The highest BCUT2D eigenvalue weighted by atomic mass is 19.4. The summed E-state index contributed by atoms with van der Waals surface area (Å²) in [6.45, 7) is 6.58. The van der Waals surface area contributed by atoms with Crippen LogP contribution in [0.2, 0.25) is 0 Å². The third-order valence-electron chi connectivity index (χ3n) is 8.42. The Labute approximate surface area is 248 Å². The van der Waals surface area contributed by atoms with Crippen LogP contribution in [0.3, 0.4) is 0 Å². The molecule has 1 amide bonds. The van der Waals surface area contributed by atoms with Gasteiger partial charge in [-0.25, -0.2) is 9.97 Å². The van der Waals surface area contributed by atoms with E-state index in [1.165, 1.54) is 18.3 Å². The summed E-state index contributed by atoms with van der Waals surface area (Å²) < 4.78 is 38.8. The second kappa shape index (κ2) is 12.6. The fourth-order valence-corrected chi connectivity index (χ4v) is 5.76. The van der Waals surface area contributed by atoms with E-state index < -0.39 is 17.6 Å². The van der Waals surface area contributed by atoms with Crippen molar-refractivity contribution in [3.05, 3.63) is 71.5 Å². The molecule has 5 rings (SSSR count). The van der Waals surface area contributed by atoms with Gasteiger partial charge in [0.1, 0.15) is 5.82 Å². The van der Waals surface area contributed by atoms with E-state index in [2.05, 4.69) is 27.1 Å². The van der Waals surface area contributed by atoms with Crippen molar-refractivity contribution in [3.8, 4) is 0 Å². The number of nitrogens with two attached hydrogens (primary N) is 1. The Balaban J connectivity index is 1.29. The summed E-state index contributed by atoms with van der Waals surface area (Å²) in [5, 5.41) is 3.20. The first-order valence-electron chi connectivity index (χ1n) is 14.4. The van der Waals surface area contributed by atoms with E-state index in [4.69, 9.17) is 10.7 Å². The number of anilines is 4. The van der Waals surface area contributed by atoms with Crippen LogP contribution in [0.4, 0.5) is 36.2 Å². The molecule has 1 aromatic heterocycles. The highest BCUT2D eigenvalue weighted by molar-refractivity contribution is 5.97. The number of nitrogens with one attached hydrogen (secondary N) is 1. The summed E-state index contributed by atoms with van der Waals surface area (Å²) in [4.78, 5) is 40.9. The molecule has 3 N–H and O–H groups in total. The van der Waals surface area contributed by atoms with Gasteiger partial charge in [0.2, 0.25) is 0 Å². The number of Topliss-reactive ketones (excluding diaryl/α,β-unsaturated/α-hetero) is 1. The lowest BCUT2D eigenvalue weighted by molar-refractivity contribution is -0.137. The molecule has 9 nitrogen and oxygen atoms in total. The van der Waals surface area contributed by atoms with Gasteiger partial charge in [-0.1, -0.05) is 12.1 Å². The second-order valence-electron chi connectivity index (χ2n) is 11.3. The highest BCUT2D eigenvalue weighted by Crippen LogP contribution is 2.33. The number of carbonyl (C=O) groups excluding carboxylic acids is 2. The lowest BCUT2D eigenvalue weighted by Crippen LogP contribution is -2.44. The number of likely N-dealkylation sites (N-methyl/N-ethyl adjacent to an activating group) is 1. The first-order chi connectivity index (χ1) is 20.5. The van der Waals surface area contributed by atoms with Crippen LogP contribution in [0, 0.1) is 5.92 Å². The third kappa shape index (κ3) is 7.07. The number of hydrogen-bond donors (Lipinski definition) is 2. The van der Waals surface area contributed by atoms with Gasteiger partial charge in [-0.3, -0.25) is 9.59 Å². The van der Waals surface area contributed by atoms with E-state index in [0.717, 1.165) is 62.5 Å². The van der Waals surface area contributed by atoms with Crippen molar-refractivity contribution in [1.29, 1.82) is 0 Å². The number of benzene rings is 2. The molecule has 0 bridgehead atoms. The van der Waals surface area contributed by atoms with Crippen LogP contribution >= 0.6 is 0 Å². The molecule has 12 heteroatoms. The molecule has 2 aromatic carbocycles. The Morgan fingerprint density at radius 3 is 2.30 bits per heavy atom. The largest absolute Gasteiger partial charge is 0.416 e. The first-order valence-corrected chi connectivity index (χ1v) is 14.4. The van der Waals surface area contributed by atoms with Gasteiger partial charge in [-0.15, -0.1) is 0 Å². The molecule has 3 heterocycles. The molecule has 2 fully saturated rings. The van der Waals surface area contributed by atoms with Crippen molar-refractivity contribution in [3.63, 3.8) is 0 Å². The molecule has 0 unspecified atom stereocenters. The molecular formula is C31H36F3N7O2. The van der Waals surface area contributed by atoms with Crippen molar-refractivity contribution in [2.45, 2.75) is 38.4 Å². The van der Waals surface area contributed by atoms with Crippen LogP contribution < -0.4 is 20.9 Å². The van der Waals surface area contributed by atoms with E-state index in [1.54, 1.807) is 0 Å². The number of halogens is 3. The van der Waals surface area contributed by atoms with Crippen LogP contribution in [-0.2, 0) is 6.18 Å². The molecule has 0 saturated carbocycles. The maximum Gasteiger partial charge on any atom is 0.416 e. The molecular weight excluding hydrogens is 559 g/mol. The molecule has 0 radical (unpaired) electrons. The molecule has 228 valence electrons. The molecule has 0 aliphatic carbocycles. The van der Waals surface area contributed by atoms with Crippen molar-refractivity contribution in [1.82, 2.24) is 14.9 Å². The van der Waals surface area contributed by atoms with E-state index >= 15 is 0 Å². The van der Waals surface area contributed by atoms with Crippen molar-refractivity contribution < 1.29 is 22.8 Å². The number of ketones is 1. The van der Waals surface area contributed by atoms with Crippen LogP contribution in [0.15, 0.2) is 54.7 Å². The Kier molecular flexibility index (Phi) is 8.86. The molecule has 2 aliphatic heterocycles. The average molecular weight is 596 g/mol. The zero-order chi connectivity index (χ0) is 30.7. The van der Waals surface area contributed by atoms with E-state index in [1.807, 2.05) is 36.1 Å². The Morgan fingerprint density at radius 2 is 1.67 bits per heavy atom. The standard InChI is InChI=1S/C31H36F3N7O2/c1-20-22(18-26(42)21-5-7-23(8-6-21)31(32,33)34)4-3-13-41(20)27-19-36-28(29(35)43)30(38-27)37-24-9-11-25(12-10-24)40-16-14-39(2)15-17-40/h5-12,19-20,22H,3-4,13-18H2,1-2H3,(H2,35,43)(H,37,38)/t20-,22+/m1/s1. The minimum atomic E-state index is -4.45. The summed E-state index contributed by atoms with van der Waals surface area (Å²) in [5.74, 6) is -0.166. The fraction of sp³-hybridized carbons (Fsp3) is 0.419. The SMILES string of the molecule is C[C@@H]1[C@H](CC(=O)c2ccc(C(F)(F)F)cc2)CCCN1c1cnc(C(N)=O)c(Nc2ccc(N3CCN(C)CC3)cc2)n1. The molecule has 43 heavy (non-hydrogen) atoms. The van der Waals surface area contributed by atoms with Gasteiger partial charge in [0.15, 0.2) is 17.3 Å². The zero-order valence-electron chi connectivity index (χ0n) is 24.3. The molecule has 2 saturated heterocycles. The lowest BCUT2D eigenvalue weighted by Gasteiger charge is -2.40. The Hall–Kier alpha value is -4.19. The number of piperidine rings is 1. The smallest absolute Gasteiger partial charge is 0.369 e. The van der Waals surface area contributed by atoms with Crippen LogP contribution in [0.1, 0.15) is 52.6 Å². The predicted octanol–water partition coefficient (Wildman–Crippen LogP) is 4.97. The second-order valence-corrected chi connectivity index (χ2v) is 11.3. The van der Waals surface area contributed by atoms with Crippen molar-refractivity contribution >= 4 is 34.7 Å². The maximum absolute atomic E-state index is 13.0. The quantitative estimate of drug-likeness (QED) is 0.352. The number of hydrogen-bond acceptors (Lipinski definition) is 8. The number of amides is 1. The predicted molar refractivity (Wildman–Crippen MR) is 160 cm³/mol. The van der Waals surface area contributed by atoms with E-state index in [9.17, 15) is 22.8 Å². The van der Waals surface area contributed by atoms with Gasteiger partial charge in [-0.05, 0) is 69.1 Å². The average Bonchev–Trinajstić information content (AvgIpc) is 2.98. The monoisotopic (exact) mass is 595 g/mol. The maximum atomic E-state index is 13.0. The lowest BCUT2D eigenvalue weighted by atomic mass is 9.85. The summed E-state index contributed by atoms with van der Waals surface area (Å²) in [6, 6.07) is 12.2. The van der Waals surface area contributed by atoms with Gasteiger partial charge in [0, 0.05) is 62.1 Å². The number of aromatic nitrogens is 2. The minimum absolute atomic E-state index is 0.0191. The van der Waals surface area contributed by atoms with Crippen molar-refractivity contribution in [2.75, 3.05) is 54.9 Å². The molecule has 2 atom stereocenters. The number of carbonyl (C=O) groups is 2. The van der Waals surface area contributed by atoms with E-state index in [0.29, 0.717) is 12.4 Å². The molecule has 2 aliphatic rings. The highest BCUT2D eigenvalue weighted by Gasteiger charge is 2.33. The van der Waals surface area contributed by atoms with Crippen molar-refractivity contribution in [2.24, 2.45) is 11.7 Å². The molecule has 0 spiro atoms. The summed E-state index contributed by atoms with van der Waals surface area (Å²) in [5.41, 5.74) is 6.96. The summed E-state index contributed by atoms with van der Waals surface area (Å²) >= 11 is 0. The topological polar surface area (TPSA) is 108 Å². The fourth-order valence-electron chi connectivity index (χ4n) is 5.76. The van der Waals surface area contributed by atoms with Gasteiger partial charge < -0.3 is 25.8 Å². The van der Waals surface area contributed by atoms with Gasteiger partial charge in [0.05, 0.1) is 11.8 Å². The minimum Gasteiger partial charge on any atom is -0.369 e. The number of nitrogens with zero attached hydrogens (tertiary/aromatic N) is 5. The zero-order valence-corrected chi connectivity index (χ0v) is 24.3. The van der Waals surface area contributed by atoms with Gasteiger partial charge >= 0.3 is 6.18 Å². The Morgan fingerprint density at radius 1 is 1.00 bits per heavy atom. The number of piperazine rings is 1. The third-order valence-corrected chi connectivity index (χ3v) is 8.42. The number of alkyl halides is 3. The number of rotatable bonds is 8. The van der Waals surface area contributed by atoms with Crippen LogP contribution in [0.5, 0.6) is 0 Å². The van der Waals surface area contributed by atoms with Crippen LogP contribution in [-0.4, -0.2) is 72.4 Å². The van der Waals surface area contributed by atoms with E-state index in [-0.39, 0.29) is 41.2 Å². The van der Waals surface area contributed by atoms with Crippen LogP contribution in [0.25, 0.3) is 0 Å². The molecule has 3 aromatic rings. The normalized spacial score (nSPS) is 19.7. The first kappa shape index (κ1) is 30.3. The summed E-state index contributed by atoms with van der Waals surface area (Å²) in [7, 11) is 2.11. The Bertz CT molecular complexity index is 1440. The van der Waals surface area contributed by atoms with Gasteiger partial charge in [-0.2, -0.15) is 13.2 Å².